The van der Waals surface area contributed by atoms with Gasteiger partial charge in [-0.3, -0.25) is 4.79 Å². The van der Waals surface area contributed by atoms with Crippen molar-refractivity contribution in [1.29, 1.82) is 0 Å². The standard InChI is InChI=1S/C22H19ClFN5O3/c23-17-10-14(24)4-3-13(17)11-29-8-7-16-19(29)27-22(26)28-20(16)32-15-5-1-12(2-6-15)9-18(25)21(30)31/h1-8,10,18H,9,11,25H2,(H,30,31)(H2,26,27,28)/t18-/m0/s1. The van der Waals surface area contributed by atoms with Crippen LogP contribution in [0.2, 0.25) is 5.02 Å². The van der Waals surface area contributed by atoms with Crippen LogP contribution in [-0.2, 0) is 17.8 Å². The van der Waals surface area contributed by atoms with E-state index in [1.165, 1.54) is 12.1 Å². The van der Waals surface area contributed by atoms with Gasteiger partial charge in [0.2, 0.25) is 11.8 Å². The smallest absolute Gasteiger partial charge is 0.320 e. The number of anilines is 1. The molecule has 0 amide bonds. The van der Waals surface area contributed by atoms with E-state index in [1.807, 2.05) is 4.57 Å². The molecule has 0 radical (unpaired) electrons. The summed E-state index contributed by atoms with van der Waals surface area (Å²) in [5.41, 5.74) is 13.5. The summed E-state index contributed by atoms with van der Waals surface area (Å²) in [6, 6.07) is 11.9. The Morgan fingerprint density at radius 3 is 2.62 bits per heavy atom. The highest BCUT2D eigenvalue weighted by molar-refractivity contribution is 6.31. The molecular formula is C22H19ClFN5O3. The van der Waals surface area contributed by atoms with Crippen LogP contribution in [0.5, 0.6) is 11.6 Å². The number of rotatable bonds is 7. The second-order valence-corrected chi connectivity index (χ2v) is 7.61. The quantitative estimate of drug-likeness (QED) is 0.388. The second-order valence-electron chi connectivity index (χ2n) is 7.20. The molecule has 2 aromatic heterocycles. The highest BCUT2D eigenvalue weighted by atomic mass is 35.5. The number of hydrogen-bond acceptors (Lipinski definition) is 6. The molecule has 32 heavy (non-hydrogen) atoms. The Labute approximate surface area is 187 Å². The molecule has 0 aliphatic carbocycles. The van der Waals surface area contributed by atoms with Crippen LogP contribution in [0.3, 0.4) is 0 Å². The molecule has 5 N–H and O–H groups in total. The fourth-order valence-corrected chi connectivity index (χ4v) is 3.47. The minimum atomic E-state index is -1.06. The van der Waals surface area contributed by atoms with Crippen molar-refractivity contribution in [3.05, 3.63) is 76.7 Å². The zero-order valence-corrected chi connectivity index (χ0v) is 17.5. The number of ether oxygens (including phenoxy) is 1. The molecule has 0 bridgehead atoms. The van der Waals surface area contributed by atoms with E-state index in [0.717, 1.165) is 11.1 Å². The van der Waals surface area contributed by atoms with Crippen molar-refractivity contribution < 1.29 is 19.0 Å². The first-order valence-electron chi connectivity index (χ1n) is 9.61. The van der Waals surface area contributed by atoms with Gasteiger partial charge in [0.05, 0.1) is 11.9 Å². The first-order chi connectivity index (χ1) is 15.3. The molecule has 0 fully saturated rings. The third kappa shape index (κ3) is 4.63. The van der Waals surface area contributed by atoms with Crippen LogP contribution >= 0.6 is 11.6 Å². The summed E-state index contributed by atoms with van der Waals surface area (Å²) in [5.74, 6) is -0.676. The van der Waals surface area contributed by atoms with E-state index in [4.69, 9.17) is 32.9 Å². The molecule has 2 heterocycles. The van der Waals surface area contributed by atoms with Crippen LogP contribution in [0.1, 0.15) is 11.1 Å². The largest absolute Gasteiger partial charge is 0.480 e. The number of aliphatic carboxylic acids is 1. The molecule has 4 rings (SSSR count). The van der Waals surface area contributed by atoms with Crippen molar-refractivity contribution in [2.75, 3.05) is 5.73 Å². The molecule has 0 aliphatic rings. The van der Waals surface area contributed by atoms with E-state index >= 15 is 0 Å². The van der Waals surface area contributed by atoms with E-state index in [-0.39, 0.29) is 18.2 Å². The van der Waals surface area contributed by atoms with Crippen LogP contribution in [-0.4, -0.2) is 31.7 Å². The zero-order valence-electron chi connectivity index (χ0n) is 16.7. The first-order valence-corrected chi connectivity index (χ1v) is 9.99. The van der Waals surface area contributed by atoms with Gasteiger partial charge in [0, 0.05) is 11.2 Å². The summed E-state index contributed by atoms with van der Waals surface area (Å²) >= 11 is 6.15. The van der Waals surface area contributed by atoms with Crippen LogP contribution in [0.15, 0.2) is 54.7 Å². The van der Waals surface area contributed by atoms with Crippen molar-refractivity contribution in [2.45, 2.75) is 19.0 Å². The normalized spacial score (nSPS) is 12.1. The van der Waals surface area contributed by atoms with Gasteiger partial charge >= 0.3 is 5.97 Å². The molecule has 4 aromatic rings. The number of carbonyl (C=O) groups is 1. The van der Waals surface area contributed by atoms with Gasteiger partial charge in [0.15, 0.2) is 0 Å². The van der Waals surface area contributed by atoms with Crippen LogP contribution in [0, 0.1) is 5.82 Å². The highest BCUT2D eigenvalue weighted by Crippen LogP contribution is 2.30. The van der Waals surface area contributed by atoms with Crippen LogP contribution < -0.4 is 16.2 Å². The van der Waals surface area contributed by atoms with Crippen LogP contribution in [0.25, 0.3) is 11.0 Å². The molecule has 0 unspecified atom stereocenters. The van der Waals surface area contributed by atoms with Gasteiger partial charge in [0.25, 0.3) is 0 Å². The third-order valence-corrected chi connectivity index (χ3v) is 5.22. The number of nitrogen functional groups attached to an aromatic ring is 1. The number of hydrogen-bond donors (Lipinski definition) is 3. The zero-order chi connectivity index (χ0) is 22.8. The molecule has 10 heteroatoms. The maximum atomic E-state index is 13.3. The van der Waals surface area contributed by atoms with Crippen LogP contribution in [0.4, 0.5) is 10.3 Å². The van der Waals surface area contributed by atoms with Gasteiger partial charge in [-0.1, -0.05) is 29.8 Å². The number of benzene rings is 2. The molecule has 164 valence electrons. The van der Waals surface area contributed by atoms with Gasteiger partial charge in [-0.05, 0) is 47.9 Å². The van der Waals surface area contributed by atoms with Gasteiger partial charge in [-0.15, -0.1) is 0 Å². The third-order valence-electron chi connectivity index (χ3n) is 4.87. The Morgan fingerprint density at radius 2 is 1.94 bits per heavy atom. The number of nitrogens with zero attached hydrogens (tertiary/aromatic N) is 3. The van der Waals surface area contributed by atoms with Gasteiger partial charge in [-0.2, -0.15) is 9.97 Å². The predicted octanol–water partition coefficient (Wildman–Crippen LogP) is 3.60. The molecule has 0 spiro atoms. The lowest BCUT2D eigenvalue weighted by Gasteiger charge is -2.10. The predicted molar refractivity (Wildman–Crippen MR) is 118 cm³/mol. The number of fused-ring (bicyclic) bond motifs is 1. The number of nitrogens with two attached hydrogens (primary N) is 2. The van der Waals surface area contributed by atoms with Crippen molar-refractivity contribution in [3.63, 3.8) is 0 Å². The average molecular weight is 456 g/mol. The van der Waals surface area contributed by atoms with Crippen molar-refractivity contribution in [1.82, 2.24) is 14.5 Å². The number of halogens is 2. The van der Waals surface area contributed by atoms with E-state index in [9.17, 15) is 9.18 Å². The maximum Gasteiger partial charge on any atom is 0.320 e. The van der Waals surface area contributed by atoms with Crippen molar-refractivity contribution in [3.8, 4) is 11.6 Å². The van der Waals surface area contributed by atoms with E-state index in [1.54, 1.807) is 42.6 Å². The summed E-state index contributed by atoms with van der Waals surface area (Å²) in [4.78, 5) is 19.4. The topological polar surface area (TPSA) is 129 Å². The Hall–Kier alpha value is -3.69. The van der Waals surface area contributed by atoms with E-state index in [2.05, 4.69) is 9.97 Å². The lowest BCUT2D eigenvalue weighted by Crippen LogP contribution is -2.32. The highest BCUT2D eigenvalue weighted by Gasteiger charge is 2.15. The summed E-state index contributed by atoms with van der Waals surface area (Å²) in [6.45, 7) is 0.358. The Balaban J connectivity index is 1.59. The Bertz CT molecular complexity index is 1290. The van der Waals surface area contributed by atoms with Crippen molar-refractivity contribution >= 4 is 34.6 Å². The average Bonchev–Trinajstić information content (AvgIpc) is 3.14. The summed E-state index contributed by atoms with van der Waals surface area (Å²) in [7, 11) is 0. The molecular weight excluding hydrogens is 437 g/mol. The molecule has 1 atom stereocenters. The minimum absolute atomic E-state index is 0.0294. The van der Waals surface area contributed by atoms with Gasteiger partial charge in [0.1, 0.15) is 23.3 Å². The lowest BCUT2D eigenvalue weighted by atomic mass is 10.1. The summed E-state index contributed by atoms with van der Waals surface area (Å²) in [6.07, 6.45) is 2.00. The van der Waals surface area contributed by atoms with E-state index < -0.39 is 17.8 Å². The molecule has 8 nitrogen and oxygen atoms in total. The fourth-order valence-electron chi connectivity index (χ4n) is 3.24. The minimum Gasteiger partial charge on any atom is -0.480 e. The molecule has 0 aliphatic heterocycles. The van der Waals surface area contributed by atoms with Gasteiger partial charge < -0.3 is 25.9 Å². The molecule has 0 saturated carbocycles. The first kappa shape index (κ1) is 21.5. The molecule has 2 aromatic carbocycles. The maximum absolute atomic E-state index is 13.3. The Kier molecular flexibility index (Phi) is 5.93. The monoisotopic (exact) mass is 455 g/mol. The lowest BCUT2D eigenvalue weighted by molar-refractivity contribution is -0.138. The van der Waals surface area contributed by atoms with E-state index in [0.29, 0.717) is 28.4 Å². The Morgan fingerprint density at radius 1 is 1.19 bits per heavy atom. The SMILES string of the molecule is Nc1nc(Oc2ccc(C[C@H](N)C(=O)O)cc2)c2ccn(Cc3ccc(F)cc3Cl)c2n1. The van der Waals surface area contributed by atoms with Gasteiger partial charge in [-0.25, -0.2) is 4.39 Å². The number of aromatic nitrogens is 3. The summed E-state index contributed by atoms with van der Waals surface area (Å²) < 4.78 is 21.1. The number of carboxylic acid groups (broad SMARTS) is 1. The van der Waals surface area contributed by atoms with Crippen molar-refractivity contribution in [2.24, 2.45) is 5.73 Å². The number of carboxylic acids is 1. The second kappa shape index (κ2) is 8.81. The molecule has 0 saturated heterocycles. The fraction of sp³-hybridized carbons (Fsp3) is 0.136. The summed E-state index contributed by atoms with van der Waals surface area (Å²) in [5, 5.41) is 9.89.